The molecule has 0 radical (unpaired) electrons. The number of morpholine rings is 1. The molecule has 1 aliphatic heterocycles. The number of hydrogen-bond acceptors (Lipinski definition) is 4. The molecule has 0 aliphatic carbocycles. The minimum absolute atomic E-state index is 0.0499. The third-order valence-corrected chi connectivity index (χ3v) is 6.38. The highest BCUT2D eigenvalue weighted by Crippen LogP contribution is 2.25. The van der Waals surface area contributed by atoms with Crippen molar-refractivity contribution < 1.29 is 13.2 Å². The average molecular weight is 340 g/mol. The summed E-state index contributed by atoms with van der Waals surface area (Å²) >= 11 is 1.70. The second-order valence-electron chi connectivity index (χ2n) is 5.45. The first-order valence-electron chi connectivity index (χ1n) is 7.38. The predicted octanol–water partition coefficient (Wildman–Crippen LogP) is 2.00. The molecule has 2 aromatic rings. The van der Waals surface area contributed by atoms with Crippen LogP contribution < -0.4 is 4.72 Å². The lowest BCUT2D eigenvalue weighted by Gasteiger charge is -2.30. The van der Waals surface area contributed by atoms with E-state index in [0.717, 1.165) is 0 Å². The van der Waals surface area contributed by atoms with E-state index in [9.17, 15) is 8.42 Å². The minimum atomic E-state index is -3.42. The lowest BCUT2D eigenvalue weighted by atomic mass is 10.1. The summed E-state index contributed by atoms with van der Waals surface area (Å²) in [6.45, 7) is 3.59. The van der Waals surface area contributed by atoms with Crippen molar-refractivity contribution in [3.63, 3.8) is 0 Å². The van der Waals surface area contributed by atoms with Crippen molar-refractivity contribution in [2.75, 3.05) is 26.2 Å². The van der Waals surface area contributed by atoms with Crippen molar-refractivity contribution >= 4 is 31.6 Å². The molecule has 1 aliphatic rings. The molecule has 1 aromatic carbocycles. The molecular formula is C15H20N2O3S2. The minimum Gasteiger partial charge on any atom is -0.376 e. The summed E-state index contributed by atoms with van der Waals surface area (Å²) in [7, 11) is -3.42. The molecule has 2 heterocycles. The lowest BCUT2D eigenvalue weighted by molar-refractivity contribution is 0.00979. The largest absolute Gasteiger partial charge is 0.376 e. The van der Waals surface area contributed by atoms with Crippen molar-refractivity contribution in [3.05, 3.63) is 35.2 Å². The molecular weight excluding hydrogens is 320 g/mol. The Kier molecular flexibility index (Phi) is 4.79. The summed E-state index contributed by atoms with van der Waals surface area (Å²) in [5.41, 5.74) is 1.19. The highest BCUT2D eigenvalue weighted by molar-refractivity contribution is 7.87. The fourth-order valence-corrected chi connectivity index (χ4v) is 4.90. The number of nitrogens with zero attached hydrogens (tertiary/aromatic N) is 1. The van der Waals surface area contributed by atoms with Gasteiger partial charge in [-0.25, -0.2) is 4.72 Å². The fraction of sp³-hybridized carbons (Fsp3) is 0.467. The molecule has 1 saturated heterocycles. The van der Waals surface area contributed by atoms with Crippen LogP contribution in [0.2, 0.25) is 0 Å². The third-order valence-electron chi connectivity index (χ3n) is 3.78. The molecule has 5 nitrogen and oxygen atoms in total. The van der Waals surface area contributed by atoms with Gasteiger partial charge in [0.25, 0.3) is 10.2 Å². The number of benzene rings is 1. The zero-order valence-corrected chi connectivity index (χ0v) is 14.1. The van der Waals surface area contributed by atoms with Crippen LogP contribution in [0.1, 0.15) is 12.5 Å². The van der Waals surface area contributed by atoms with Crippen molar-refractivity contribution in [3.8, 4) is 0 Å². The molecule has 1 unspecified atom stereocenters. The summed E-state index contributed by atoms with van der Waals surface area (Å²) in [6.07, 6.45) is 0.648. The molecule has 0 spiro atoms. The smallest absolute Gasteiger partial charge is 0.279 e. The molecule has 1 fully saturated rings. The van der Waals surface area contributed by atoms with Crippen LogP contribution in [-0.4, -0.2) is 45.1 Å². The Bertz CT molecular complexity index is 742. The molecule has 0 saturated carbocycles. The molecule has 0 amide bonds. The summed E-state index contributed by atoms with van der Waals surface area (Å²) in [5.74, 6) is 0. The van der Waals surface area contributed by atoms with Crippen molar-refractivity contribution in [2.45, 2.75) is 19.4 Å². The van der Waals surface area contributed by atoms with E-state index in [4.69, 9.17) is 4.74 Å². The van der Waals surface area contributed by atoms with Crippen LogP contribution in [0.4, 0.5) is 0 Å². The highest BCUT2D eigenvalue weighted by atomic mass is 32.2. The van der Waals surface area contributed by atoms with Gasteiger partial charge in [0.15, 0.2) is 0 Å². The Labute approximate surface area is 135 Å². The van der Waals surface area contributed by atoms with E-state index in [1.54, 1.807) is 11.3 Å². The topological polar surface area (TPSA) is 58.6 Å². The van der Waals surface area contributed by atoms with E-state index in [1.807, 2.05) is 19.1 Å². The summed E-state index contributed by atoms with van der Waals surface area (Å²) in [6, 6.07) is 8.20. The number of rotatable bonds is 5. The Balaban J connectivity index is 1.60. The predicted molar refractivity (Wildman–Crippen MR) is 89.4 cm³/mol. The van der Waals surface area contributed by atoms with Gasteiger partial charge < -0.3 is 4.74 Å². The van der Waals surface area contributed by atoms with Gasteiger partial charge in [-0.2, -0.15) is 12.7 Å². The van der Waals surface area contributed by atoms with E-state index >= 15 is 0 Å². The van der Waals surface area contributed by atoms with E-state index in [-0.39, 0.29) is 6.10 Å². The SMILES string of the molecule is CC1CN(S(=O)(=O)NCCc2csc3ccccc23)CCO1. The average Bonchev–Trinajstić information content (AvgIpc) is 2.91. The zero-order valence-electron chi connectivity index (χ0n) is 12.5. The van der Waals surface area contributed by atoms with Crippen LogP contribution in [0.25, 0.3) is 10.1 Å². The highest BCUT2D eigenvalue weighted by Gasteiger charge is 2.26. The van der Waals surface area contributed by atoms with Gasteiger partial charge in [0.05, 0.1) is 12.7 Å². The molecule has 120 valence electrons. The van der Waals surface area contributed by atoms with Gasteiger partial charge in [-0.05, 0) is 35.7 Å². The van der Waals surface area contributed by atoms with Gasteiger partial charge in [-0.15, -0.1) is 11.3 Å². The summed E-state index contributed by atoms with van der Waals surface area (Å²) in [4.78, 5) is 0. The number of nitrogens with one attached hydrogen (secondary N) is 1. The number of fused-ring (bicyclic) bond motifs is 1. The summed E-state index contributed by atoms with van der Waals surface area (Å²) in [5, 5.41) is 3.32. The van der Waals surface area contributed by atoms with E-state index in [2.05, 4.69) is 22.2 Å². The molecule has 0 bridgehead atoms. The van der Waals surface area contributed by atoms with Crippen LogP contribution in [-0.2, 0) is 21.4 Å². The van der Waals surface area contributed by atoms with Gasteiger partial charge in [0.1, 0.15) is 0 Å². The first-order chi connectivity index (χ1) is 10.6. The van der Waals surface area contributed by atoms with Crippen LogP contribution in [0, 0.1) is 0 Å². The first-order valence-corrected chi connectivity index (χ1v) is 9.70. The molecule has 22 heavy (non-hydrogen) atoms. The Morgan fingerprint density at radius 3 is 3.05 bits per heavy atom. The Morgan fingerprint density at radius 1 is 1.41 bits per heavy atom. The maximum absolute atomic E-state index is 12.3. The normalized spacial score (nSPS) is 20.5. The van der Waals surface area contributed by atoms with Crippen LogP contribution >= 0.6 is 11.3 Å². The summed E-state index contributed by atoms with van der Waals surface area (Å²) < 4.78 is 35.4. The van der Waals surface area contributed by atoms with E-state index in [0.29, 0.717) is 32.7 Å². The van der Waals surface area contributed by atoms with Gasteiger partial charge in [0.2, 0.25) is 0 Å². The fourth-order valence-electron chi connectivity index (χ4n) is 2.64. The third kappa shape index (κ3) is 3.49. The first kappa shape index (κ1) is 15.9. The Morgan fingerprint density at radius 2 is 2.23 bits per heavy atom. The molecule has 3 rings (SSSR count). The quantitative estimate of drug-likeness (QED) is 0.906. The van der Waals surface area contributed by atoms with Crippen LogP contribution in [0.5, 0.6) is 0 Å². The second-order valence-corrected chi connectivity index (χ2v) is 8.11. The molecule has 1 aromatic heterocycles. The molecule has 1 N–H and O–H groups in total. The van der Waals surface area contributed by atoms with Crippen molar-refractivity contribution in [1.82, 2.24) is 9.03 Å². The monoisotopic (exact) mass is 340 g/mol. The second kappa shape index (κ2) is 6.64. The molecule has 7 heteroatoms. The van der Waals surface area contributed by atoms with Gasteiger partial charge in [-0.1, -0.05) is 18.2 Å². The Hall–Kier alpha value is -0.990. The molecule has 1 atom stereocenters. The van der Waals surface area contributed by atoms with Crippen molar-refractivity contribution in [1.29, 1.82) is 0 Å². The van der Waals surface area contributed by atoms with Gasteiger partial charge in [-0.3, -0.25) is 0 Å². The standard InChI is InChI=1S/C15H20N2O3S2/c1-12-10-17(8-9-20-12)22(18,19)16-7-6-13-11-21-15-5-3-2-4-14(13)15/h2-5,11-12,16H,6-10H2,1H3. The van der Waals surface area contributed by atoms with Crippen LogP contribution in [0.15, 0.2) is 29.6 Å². The number of hydrogen-bond donors (Lipinski definition) is 1. The van der Waals surface area contributed by atoms with Crippen molar-refractivity contribution in [2.24, 2.45) is 0 Å². The maximum atomic E-state index is 12.3. The van der Waals surface area contributed by atoms with E-state index < -0.39 is 10.2 Å². The maximum Gasteiger partial charge on any atom is 0.279 e. The van der Waals surface area contributed by atoms with Gasteiger partial charge in [0, 0.05) is 24.3 Å². The van der Waals surface area contributed by atoms with Crippen LogP contribution in [0.3, 0.4) is 0 Å². The lowest BCUT2D eigenvalue weighted by Crippen LogP contribution is -2.49. The zero-order chi connectivity index (χ0) is 15.6. The number of thiophene rings is 1. The number of ether oxygens (including phenoxy) is 1. The van der Waals surface area contributed by atoms with E-state index in [1.165, 1.54) is 20.0 Å². The van der Waals surface area contributed by atoms with Gasteiger partial charge >= 0.3 is 0 Å².